The van der Waals surface area contributed by atoms with Gasteiger partial charge in [0.1, 0.15) is 0 Å². The summed E-state index contributed by atoms with van der Waals surface area (Å²) in [5.41, 5.74) is 0.616. The topological polar surface area (TPSA) is 75.2 Å². The summed E-state index contributed by atoms with van der Waals surface area (Å²) in [5, 5.41) is 1.86. The molecule has 1 fully saturated rings. The lowest BCUT2D eigenvalue weighted by Crippen LogP contribution is -2.21. The Morgan fingerprint density at radius 3 is 2.90 bits per heavy atom. The summed E-state index contributed by atoms with van der Waals surface area (Å²) in [5.74, 6) is 0.238. The highest BCUT2D eigenvalue weighted by molar-refractivity contribution is 8.18. The third-order valence-electron chi connectivity index (χ3n) is 2.77. The molecule has 2 heterocycles. The van der Waals surface area contributed by atoms with Gasteiger partial charge in [-0.05, 0) is 30.3 Å². The molecule has 0 spiro atoms. The van der Waals surface area contributed by atoms with Gasteiger partial charge in [0.2, 0.25) is 5.95 Å². The number of anilines is 1. The largest absolute Gasteiger partial charge is 0.344 e. The third-order valence-corrected chi connectivity index (χ3v) is 3.58. The summed E-state index contributed by atoms with van der Waals surface area (Å²) in [7, 11) is 1.93. The number of aromatic nitrogens is 2. The third kappa shape index (κ3) is 3.57. The van der Waals surface area contributed by atoms with Crippen LogP contribution < -0.4 is 10.2 Å². The van der Waals surface area contributed by atoms with Gasteiger partial charge in [-0.25, -0.2) is 9.97 Å². The number of nitrogens with zero attached hydrogens (tertiary/aromatic N) is 3. The van der Waals surface area contributed by atoms with E-state index in [0.29, 0.717) is 16.5 Å². The van der Waals surface area contributed by atoms with Crippen molar-refractivity contribution < 1.29 is 9.59 Å². The lowest BCUT2D eigenvalue weighted by Gasteiger charge is -2.16. The predicted molar refractivity (Wildman–Crippen MR) is 79.3 cm³/mol. The molecule has 1 saturated heterocycles. The quantitative estimate of drug-likeness (QED) is 0.837. The molecule has 1 N–H and O–H groups in total. The first-order valence-corrected chi connectivity index (χ1v) is 7.21. The van der Waals surface area contributed by atoms with Crippen LogP contribution in [0, 0.1) is 0 Å². The lowest BCUT2D eigenvalue weighted by atomic mass is 10.3. The minimum absolute atomic E-state index is 0.351. The average molecular weight is 292 g/mol. The van der Waals surface area contributed by atoms with E-state index in [1.807, 2.05) is 11.9 Å². The van der Waals surface area contributed by atoms with Gasteiger partial charge in [-0.2, -0.15) is 0 Å². The van der Waals surface area contributed by atoms with Crippen LogP contribution in [0.3, 0.4) is 0 Å². The zero-order valence-electron chi connectivity index (χ0n) is 11.4. The number of hydrogen-bond acceptors (Lipinski definition) is 6. The molecule has 7 heteroatoms. The van der Waals surface area contributed by atoms with Gasteiger partial charge < -0.3 is 4.90 Å². The molecule has 1 aliphatic heterocycles. The molecular weight excluding hydrogens is 276 g/mol. The van der Waals surface area contributed by atoms with Crippen LogP contribution in [0.2, 0.25) is 0 Å². The van der Waals surface area contributed by atoms with E-state index in [4.69, 9.17) is 0 Å². The summed E-state index contributed by atoms with van der Waals surface area (Å²) in [6.45, 7) is 3.01. The van der Waals surface area contributed by atoms with E-state index in [1.165, 1.54) is 0 Å². The highest BCUT2D eigenvalue weighted by Gasteiger charge is 2.25. The van der Waals surface area contributed by atoms with Crippen LogP contribution in [-0.4, -0.2) is 34.7 Å². The SMILES string of the molecule is CCCCN(C)c1nccc(/C=C2/SC(=O)NC2=O)n1. The van der Waals surface area contributed by atoms with Gasteiger partial charge in [-0.15, -0.1) is 0 Å². The van der Waals surface area contributed by atoms with Crippen molar-refractivity contribution in [3.05, 3.63) is 22.9 Å². The summed E-state index contributed by atoms with van der Waals surface area (Å²) in [4.78, 5) is 33.5. The van der Waals surface area contributed by atoms with Crippen LogP contribution in [0.5, 0.6) is 0 Å². The van der Waals surface area contributed by atoms with Crippen LogP contribution in [-0.2, 0) is 4.79 Å². The number of carbonyl (C=O) groups excluding carboxylic acids is 2. The Kier molecular flexibility index (Phi) is 4.73. The Balaban J connectivity index is 2.16. The van der Waals surface area contributed by atoms with Crippen LogP contribution in [0.4, 0.5) is 10.7 Å². The summed E-state index contributed by atoms with van der Waals surface area (Å²) in [6.07, 6.45) is 5.42. The number of nitrogens with one attached hydrogen (secondary N) is 1. The van der Waals surface area contributed by atoms with E-state index in [-0.39, 0.29) is 11.1 Å². The first kappa shape index (κ1) is 14.5. The molecule has 1 aliphatic rings. The molecule has 0 aliphatic carbocycles. The van der Waals surface area contributed by atoms with E-state index in [0.717, 1.165) is 31.1 Å². The van der Waals surface area contributed by atoms with Crippen LogP contribution in [0.15, 0.2) is 17.2 Å². The number of thioether (sulfide) groups is 1. The number of hydrogen-bond donors (Lipinski definition) is 1. The number of imide groups is 1. The zero-order chi connectivity index (χ0) is 14.5. The molecule has 0 unspecified atom stereocenters. The number of rotatable bonds is 5. The second-order valence-electron chi connectivity index (χ2n) is 4.41. The van der Waals surface area contributed by atoms with Crippen LogP contribution in [0.25, 0.3) is 6.08 Å². The maximum atomic E-state index is 11.5. The Morgan fingerprint density at radius 1 is 1.45 bits per heavy atom. The summed E-state index contributed by atoms with van der Waals surface area (Å²) >= 11 is 0.884. The van der Waals surface area contributed by atoms with Crippen molar-refractivity contribution >= 4 is 34.9 Å². The molecule has 0 radical (unpaired) electrons. The highest BCUT2D eigenvalue weighted by atomic mass is 32.2. The Morgan fingerprint density at radius 2 is 2.25 bits per heavy atom. The standard InChI is InChI=1S/C13H16N4O2S/c1-3-4-7-17(2)12-14-6-5-9(15-12)8-10-11(18)16-13(19)20-10/h5-6,8H,3-4,7H2,1-2H3,(H,16,18,19)/b10-8+. The Labute approximate surface area is 121 Å². The van der Waals surface area contributed by atoms with Crippen LogP contribution >= 0.6 is 11.8 Å². The average Bonchev–Trinajstić information content (AvgIpc) is 2.74. The molecule has 0 aromatic carbocycles. The molecule has 0 atom stereocenters. The number of amides is 2. The van der Waals surface area contributed by atoms with Gasteiger partial charge in [0.15, 0.2) is 0 Å². The van der Waals surface area contributed by atoms with Crippen molar-refractivity contribution in [3.8, 4) is 0 Å². The molecule has 1 aromatic heterocycles. The minimum atomic E-state index is -0.375. The van der Waals surface area contributed by atoms with Crippen LogP contribution in [0.1, 0.15) is 25.5 Å². The second-order valence-corrected chi connectivity index (χ2v) is 5.42. The molecule has 1 aromatic rings. The van der Waals surface area contributed by atoms with Gasteiger partial charge >= 0.3 is 0 Å². The Bertz CT molecular complexity index is 559. The Hall–Kier alpha value is -1.89. The zero-order valence-corrected chi connectivity index (χ0v) is 12.2. The minimum Gasteiger partial charge on any atom is -0.344 e. The molecule has 0 saturated carbocycles. The summed E-state index contributed by atoms with van der Waals surface area (Å²) in [6, 6.07) is 1.71. The number of carbonyl (C=O) groups is 2. The smallest absolute Gasteiger partial charge is 0.290 e. The lowest BCUT2D eigenvalue weighted by molar-refractivity contribution is -0.115. The monoisotopic (exact) mass is 292 g/mol. The van der Waals surface area contributed by atoms with E-state index in [9.17, 15) is 9.59 Å². The first-order chi connectivity index (χ1) is 9.60. The van der Waals surface area contributed by atoms with Gasteiger partial charge in [0.25, 0.3) is 11.1 Å². The predicted octanol–water partition coefficient (Wildman–Crippen LogP) is 2.04. The van der Waals surface area contributed by atoms with Gasteiger partial charge in [0.05, 0.1) is 10.6 Å². The van der Waals surface area contributed by atoms with Crippen molar-refractivity contribution in [2.24, 2.45) is 0 Å². The maximum Gasteiger partial charge on any atom is 0.290 e. The fourth-order valence-electron chi connectivity index (χ4n) is 1.68. The van der Waals surface area contributed by atoms with Crippen molar-refractivity contribution in [1.82, 2.24) is 15.3 Å². The van der Waals surface area contributed by atoms with Gasteiger partial charge in [-0.1, -0.05) is 13.3 Å². The van der Waals surface area contributed by atoms with E-state index in [1.54, 1.807) is 18.3 Å². The van der Waals surface area contributed by atoms with Gasteiger partial charge in [0, 0.05) is 19.8 Å². The van der Waals surface area contributed by atoms with Crippen molar-refractivity contribution in [2.45, 2.75) is 19.8 Å². The van der Waals surface area contributed by atoms with E-state index >= 15 is 0 Å². The molecular formula is C13H16N4O2S. The second kappa shape index (κ2) is 6.51. The highest BCUT2D eigenvalue weighted by Crippen LogP contribution is 2.25. The van der Waals surface area contributed by atoms with Gasteiger partial charge in [-0.3, -0.25) is 14.9 Å². The van der Waals surface area contributed by atoms with Crippen molar-refractivity contribution in [3.63, 3.8) is 0 Å². The normalized spacial score (nSPS) is 16.6. The maximum absolute atomic E-state index is 11.5. The fraction of sp³-hybridized carbons (Fsp3) is 0.385. The van der Waals surface area contributed by atoms with Crippen molar-refractivity contribution in [1.29, 1.82) is 0 Å². The summed E-state index contributed by atoms with van der Waals surface area (Å²) < 4.78 is 0. The van der Waals surface area contributed by atoms with Crippen molar-refractivity contribution in [2.75, 3.05) is 18.5 Å². The fourth-order valence-corrected chi connectivity index (χ4v) is 2.34. The molecule has 20 heavy (non-hydrogen) atoms. The molecule has 0 bridgehead atoms. The number of unbranched alkanes of at least 4 members (excludes halogenated alkanes) is 1. The molecule has 2 amide bonds. The molecule has 2 rings (SSSR count). The van der Waals surface area contributed by atoms with E-state index in [2.05, 4.69) is 22.2 Å². The van der Waals surface area contributed by atoms with E-state index < -0.39 is 0 Å². The molecule has 6 nitrogen and oxygen atoms in total. The first-order valence-electron chi connectivity index (χ1n) is 6.39. The molecule has 106 valence electrons.